The van der Waals surface area contributed by atoms with Gasteiger partial charge in [-0.05, 0) is 51.4 Å². The number of hydrogen-bond acceptors (Lipinski definition) is 4. The molecule has 4 heteroatoms. The normalized spacial score (nSPS) is 13.5. The molecule has 0 aliphatic carbocycles. The summed E-state index contributed by atoms with van der Waals surface area (Å²) in [5.41, 5.74) is 0. The predicted molar refractivity (Wildman–Crippen MR) is 87.6 cm³/mol. The van der Waals surface area contributed by atoms with E-state index in [0.717, 1.165) is 32.1 Å². The van der Waals surface area contributed by atoms with Crippen molar-refractivity contribution in [2.75, 3.05) is 6.61 Å². The number of ether oxygens (including phenoxy) is 1. The van der Waals surface area contributed by atoms with Crippen LogP contribution in [0, 0.1) is 11.8 Å². The lowest BCUT2D eigenvalue weighted by molar-refractivity contribution is -0.145. The number of esters is 1. The second kappa shape index (κ2) is 12.4. The van der Waals surface area contributed by atoms with Crippen LogP contribution in [-0.4, -0.2) is 24.1 Å². The molecule has 0 spiro atoms. The van der Waals surface area contributed by atoms with Gasteiger partial charge in [-0.1, -0.05) is 20.3 Å². The molecule has 0 aromatic heterocycles. The van der Waals surface area contributed by atoms with Gasteiger partial charge in [-0.15, -0.1) is 0 Å². The molecule has 4 nitrogen and oxygen atoms in total. The molecule has 0 aliphatic rings. The van der Waals surface area contributed by atoms with Gasteiger partial charge in [-0.3, -0.25) is 4.79 Å². The van der Waals surface area contributed by atoms with Gasteiger partial charge in [0.1, 0.15) is 11.6 Å². The Hall–Kier alpha value is -1.19. The summed E-state index contributed by atoms with van der Waals surface area (Å²) in [6.45, 7) is 7.81. The Balaban J connectivity index is 3.63. The predicted octanol–water partition coefficient (Wildman–Crippen LogP) is 4.10. The van der Waals surface area contributed by atoms with Crippen LogP contribution in [0.3, 0.4) is 0 Å². The molecule has 0 aliphatic heterocycles. The molecule has 22 heavy (non-hydrogen) atoms. The summed E-state index contributed by atoms with van der Waals surface area (Å²) in [5.74, 6) is 1.03. The largest absolute Gasteiger partial charge is 0.466 e. The molecule has 0 saturated carbocycles. The highest BCUT2D eigenvalue weighted by Gasteiger charge is 2.11. The van der Waals surface area contributed by atoms with Crippen molar-refractivity contribution >= 4 is 17.5 Å². The first-order chi connectivity index (χ1) is 10.3. The van der Waals surface area contributed by atoms with E-state index < -0.39 is 0 Å². The lowest BCUT2D eigenvalue weighted by Gasteiger charge is -2.13. The highest BCUT2D eigenvalue weighted by Crippen LogP contribution is 2.15. The summed E-state index contributed by atoms with van der Waals surface area (Å²) in [4.78, 5) is 33.4. The topological polar surface area (TPSA) is 60.4 Å². The Labute approximate surface area is 135 Å². The smallest absolute Gasteiger partial charge is 0.306 e. The molecule has 0 rings (SSSR count). The van der Waals surface area contributed by atoms with Crippen LogP contribution in [0.25, 0.3) is 0 Å². The van der Waals surface area contributed by atoms with Gasteiger partial charge in [0, 0.05) is 19.3 Å². The number of ketones is 2. The van der Waals surface area contributed by atoms with E-state index in [4.69, 9.17) is 4.74 Å². The third-order valence-corrected chi connectivity index (χ3v) is 3.84. The van der Waals surface area contributed by atoms with E-state index in [1.54, 1.807) is 13.8 Å². The van der Waals surface area contributed by atoms with E-state index in [9.17, 15) is 14.4 Å². The van der Waals surface area contributed by atoms with Crippen molar-refractivity contribution in [3.8, 4) is 0 Å². The maximum Gasteiger partial charge on any atom is 0.306 e. The van der Waals surface area contributed by atoms with Crippen LogP contribution < -0.4 is 0 Å². The van der Waals surface area contributed by atoms with Gasteiger partial charge in [0.05, 0.1) is 6.61 Å². The summed E-state index contributed by atoms with van der Waals surface area (Å²) >= 11 is 0. The maximum absolute atomic E-state index is 11.7. The van der Waals surface area contributed by atoms with Crippen molar-refractivity contribution in [2.45, 2.75) is 79.1 Å². The first kappa shape index (κ1) is 20.8. The molecule has 0 aromatic rings. The van der Waals surface area contributed by atoms with Crippen molar-refractivity contribution in [3.63, 3.8) is 0 Å². The minimum absolute atomic E-state index is 0.147. The van der Waals surface area contributed by atoms with Crippen molar-refractivity contribution in [1.29, 1.82) is 0 Å². The highest BCUT2D eigenvalue weighted by atomic mass is 16.5. The fourth-order valence-electron chi connectivity index (χ4n) is 2.36. The molecule has 128 valence electrons. The second-order valence-corrected chi connectivity index (χ2v) is 6.61. The number of hydrogen-bond donors (Lipinski definition) is 0. The Morgan fingerprint density at radius 1 is 0.818 bits per heavy atom. The molecule has 2 unspecified atom stereocenters. The molecule has 0 N–H and O–H groups in total. The monoisotopic (exact) mass is 312 g/mol. The van der Waals surface area contributed by atoms with Crippen LogP contribution in [0.15, 0.2) is 0 Å². The molecule has 0 heterocycles. The number of rotatable bonds is 13. The summed E-state index contributed by atoms with van der Waals surface area (Å²) in [6.07, 6.45) is 6.15. The fraction of sp³-hybridized carbons (Fsp3) is 0.833. The fourth-order valence-corrected chi connectivity index (χ4v) is 2.36. The van der Waals surface area contributed by atoms with Gasteiger partial charge in [0.25, 0.3) is 0 Å². The van der Waals surface area contributed by atoms with Gasteiger partial charge >= 0.3 is 5.97 Å². The molecule has 0 fully saturated rings. The zero-order valence-electron chi connectivity index (χ0n) is 14.7. The summed E-state index contributed by atoms with van der Waals surface area (Å²) in [5, 5.41) is 0. The van der Waals surface area contributed by atoms with E-state index in [1.807, 2.05) is 6.92 Å². The van der Waals surface area contributed by atoms with E-state index >= 15 is 0 Å². The van der Waals surface area contributed by atoms with E-state index in [2.05, 4.69) is 6.92 Å². The molecule has 0 saturated heterocycles. The van der Waals surface area contributed by atoms with Crippen molar-refractivity contribution in [1.82, 2.24) is 0 Å². The molecule has 0 amide bonds. The maximum atomic E-state index is 11.7. The second-order valence-electron chi connectivity index (χ2n) is 6.61. The quantitative estimate of drug-likeness (QED) is 0.480. The molecule has 0 radical (unpaired) electrons. The number of carbonyl (C=O) groups excluding carboxylic acids is 3. The number of carbonyl (C=O) groups is 3. The number of Topliss-reactive ketones (excluding diaryl/α,β-unsaturated/α-hetero) is 2. The average Bonchev–Trinajstić information content (AvgIpc) is 2.37. The van der Waals surface area contributed by atoms with E-state index in [1.165, 1.54) is 0 Å². The lowest BCUT2D eigenvalue weighted by Crippen LogP contribution is -2.12. The summed E-state index contributed by atoms with van der Waals surface area (Å²) in [6, 6.07) is 0. The van der Waals surface area contributed by atoms with Gasteiger partial charge in [-0.2, -0.15) is 0 Å². The zero-order chi connectivity index (χ0) is 17.0. The molecular weight excluding hydrogens is 280 g/mol. The van der Waals surface area contributed by atoms with E-state index in [0.29, 0.717) is 31.8 Å². The Kier molecular flexibility index (Phi) is 11.7. The Morgan fingerprint density at radius 2 is 1.32 bits per heavy atom. The molecular formula is C18H32O4. The first-order valence-electron chi connectivity index (χ1n) is 8.45. The molecule has 2 atom stereocenters. The highest BCUT2D eigenvalue weighted by molar-refractivity contribution is 5.75. The van der Waals surface area contributed by atoms with Crippen LogP contribution in [0.4, 0.5) is 0 Å². The third kappa shape index (κ3) is 13.8. The zero-order valence-corrected chi connectivity index (χ0v) is 14.7. The third-order valence-electron chi connectivity index (χ3n) is 3.84. The van der Waals surface area contributed by atoms with Crippen molar-refractivity contribution in [2.24, 2.45) is 11.8 Å². The average molecular weight is 312 g/mol. The van der Waals surface area contributed by atoms with Crippen molar-refractivity contribution in [3.05, 3.63) is 0 Å². The van der Waals surface area contributed by atoms with Gasteiger partial charge < -0.3 is 14.3 Å². The van der Waals surface area contributed by atoms with Crippen LogP contribution in [0.2, 0.25) is 0 Å². The SMILES string of the molecule is CC(=O)CCCC(C)CCOC(=O)CC(C)CCCC(C)=O. The van der Waals surface area contributed by atoms with Gasteiger partial charge in [0.2, 0.25) is 0 Å². The summed E-state index contributed by atoms with van der Waals surface area (Å²) in [7, 11) is 0. The van der Waals surface area contributed by atoms with Gasteiger partial charge in [0.15, 0.2) is 0 Å². The van der Waals surface area contributed by atoms with Crippen LogP contribution in [0.5, 0.6) is 0 Å². The first-order valence-corrected chi connectivity index (χ1v) is 8.45. The molecule has 0 aromatic carbocycles. The van der Waals surface area contributed by atoms with Crippen LogP contribution in [0.1, 0.15) is 79.1 Å². The van der Waals surface area contributed by atoms with Crippen LogP contribution >= 0.6 is 0 Å². The minimum Gasteiger partial charge on any atom is -0.466 e. The lowest BCUT2D eigenvalue weighted by atomic mass is 9.99. The Morgan fingerprint density at radius 3 is 1.82 bits per heavy atom. The minimum atomic E-state index is -0.147. The standard InChI is InChI=1S/C18H32O4/c1-14(7-5-9-16(3)19)11-12-22-18(21)13-15(2)8-6-10-17(4)20/h14-15H,5-13H2,1-4H3. The molecule has 0 bridgehead atoms. The van der Waals surface area contributed by atoms with Crippen molar-refractivity contribution < 1.29 is 19.1 Å². The van der Waals surface area contributed by atoms with Gasteiger partial charge in [-0.25, -0.2) is 0 Å². The Bertz CT molecular complexity index is 349. The van der Waals surface area contributed by atoms with Crippen LogP contribution in [-0.2, 0) is 19.1 Å². The van der Waals surface area contributed by atoms with E-state index in [-0.39, 0.29) is 23.5 Å². The summed E-state index contributed by atoms with van der Waals surface area (Å²) < 4.78 is 5.27.